The largest absolute Gasteiger partial charge is 0.492 e. The lowest BCUT2D eigenvalue weighted by Crippen LogP contribution is -2.19. The minimum absolute atomic E-state index is 0.654. The first kappa shape index (κ1) is 16.1. The Kier molecular flexibility index (Phi) is 4.57. The summed E-state index contributed by atoms with van der Waals surface area (Å²) in [4.78, 5) is 10.1. The lowest BCUT2D eigenvalue weighted by Gasteiger charge is -2.10. The first-order valence-electron chi connectivity index (χ1n) is 7.92. The molecule has 0 fully saturated rings. The topological polar surface area (TPSA) is 79.2 Å². The summed E-state index contributed by atoms with van der Waals surface area (Å²) >= 11 is 0. The van der Waals surface area contributed by atoms with Gasteiger partial charge in [-0.1, -0.05) is 0 Å². The summed E-state index contributed by atoms with van der Waals surface area (Å²) in [5.74, 6) is 1.63. The van der Waals surface area contributed by atoms with Crippen LogP contribution in [0.15, 0.2) is 36.4 Å². The van der Waals surface area contributed by atoms with Gasteiger partial charge in [-0.25, -0.2) is 4.98 Å². The number of fused-ring (bicyclic) bond motifs is 1. The fraction of sp³-hybridized carbons (Fsp3) is 0.278. The van der Waals surface area contributed by atoms with Gasteiger partial charge in [-0.3, -0.25) is 0 Å². The highest BCUT2D eigenvalue weighted by Gasteiger charge is 2.08. The zero-order chi connectivity index (χ0) is 17.1. The Labute approximate surface area is 141 Å². The Hall–Kier alpha value is -2.73. The van der Waals surface area contributed by atoms with E-state index >= 15 is 0 Å². The van der Waals surface area contributed by atoms with Crippen molar-refractivity contribution in [2.75, 3.05) is 45.3 Å². The number of ether oxygens (including phenoxy) is 1. The number of anilines is 2. The monoisotopic (exact) mass is 325 g/mol. The molecule has 0 aliphatic rings. The number of imidazole rings is 1. The first-order chi connectivity index (χ1) is 11.6. The van der Waals surface area contributed by atoms with E-state index < -0.39 is 0 Å². The Morgan fingerprint density at radius 1 is 1.21 bits per heavy atom. The summed E-state index contributed by atoms with van der Waals surface area (Å²) in [5.41, 5.74) is 10.5. The molecular formula is C18H23N5O. The third-order valence-electron chi connectivity index (χ3n) is 3.85. The normalized spacial score (nSPS) is 11.2. The number of nitrogens with zero attached hydrogens (tertiary/aromatic N) is 2. The number of likely N-dealkylation sites (N-methyl/N-ethyl adjacent to an activating group) is 1. The van der Waals surface area contributed by atoms with Crippen LogP contribution in [-0.2, 0) is 0 Å². The second-order valence-corrected chi connectivity index (χ2v) is 5.97. The van der Waals surface area contributed by atoms with Crippen molar-refractivity contribution in [3.8, 4) is 17.1 Å². The van der Waals surface area contributed by atoms with E-state index in [1.165, 1.54) is 0 Å². The van der Waals surface area contributed by atoms with Crippen LogP contribution in [0.5, 0.6) is 5.75 Å². The molecule has 6 heteroatoms. The summed E-state index contributed by atoms with van der Waals surface area (Å²) in [6, 6.07) is 11.7. The number of hydrogen-bond acceptors (Lipinski definition) is 5. The first-order valence-corrected chi connectivity index (χ1v) is 7.92. The summed E-state index contributed by atoms with van der Waals surface area (Å²) in [6.45, 7) is 1.53. The van der Waals surface area contributed by atoms with Gasteiger partial charge in [-0.2, -0.15) is 0 Å². The van der Waals surface area contributed by atoms with Crippen molar-refractivity contribution < 1.29 is 4.74 Å². The molecule has 0 bridgehead atoms. The number of aromatic amines is 1. The number of H-pyrrole nitrogens is 1. The van der Waals surface area contributed by atoms with Crippen LogP contribution in [0.4, 0.5) is 11.4 Å². The summed E-state index contributed by atoms with van der Waals surface area (Å²) in [6.07, 6.45) is 0. The molecule has 0 unspecified atom stereocenters. The highest BCUT2D eigenvalue weighted by atomic mass is 16.5. The number of hydrogen-bond donors (Lipinski definition) is 3. The average molecular weight is 325 g/mol. The summed E-state index contributed by atoms with van der Waals surface area (Å²) in [7, 11) is 5.90. The van der Waals surface area contributed by atoms with E-state index in [1.807, 2.05) is 57.5 Å². The number of rotatable bonds is 6. The molecule has 3 aromatic rings. The van der Waals surface area contributed by atoms with Gasteiger partial charge in [0.05, 0.1) is 22.4 Å². The van der Waals surface area contributed by atoms with E-state index in [0.717, 1.165) is 40.4 Å². The second-order valence-electron chi connectivity index (χ2n) is 5.97. The van der Waals surface area contributed by atoms with Gasteiger partial charge in [0, 0.05) is 25.2 Å². The molecule has 1 heterocycles. The van der Waals surface area contributed by atoms with Crippen molar-refractivity contribution >= 4 is 22.4 Å². The Morgan fingerprint density at radius 3 is 2.75 bits per heavy atom. The van der Waals surface area contributed by atoms with Gasteiger partial charge < -0.3 is 25.7 Å². The molecule has 0 amide bonds. The molecule has 0 saturated heterocycles. The fourth-order valence-electron chi connectivity index (χ4n) is 2.50. The molecule has 6 nitrogen and oxygen atoms in total. The highest BCUT2D eigenvalue weighted by molar-refractivity contribution is 5.82. The summed E-state index contributed by atoms with van der Waals surface area (Å²) in [5, 5.41) is 3.06. The van der Waals surface area contributed by atoms with Gasteiger partial charge in [-0.15, -0.1) is 0 Å². The van der Waals surface area contributed by atoms with Crippen LogP contribution in [-0.4, -0.2) is 49.2 Å². The molecule has 3 rings (SSSR count). The molecule has 0 aliphatic heterocycles. The van der Waals surface area contributed by atoms with Crippen LogP contribution in [0.25, 0.3) is 22.4 Å². The zero-order valence-corrected chi connectivity index (χ0v) is 14.3. The van der Waals surface area contributed by atoms with Crippen molar-refractivity contribution in [2.45, 2.75) is 0 Å². The van der Waals surface area contributed by atoms with Crippen LogP contribution < -0.4 is 15.8 Å². The van der Waals surface area contributed by atoms with Crippen molar-refractivity contribution in [3.05, 3.63) is 36.4 Å². The number of nitrogens with one attached hydrogen (secondary N) is 2. The Bertz CT molecular complexity index is 841. The number of nitrogen functional groups attached to an aromatic ring is 1. The molecule has 2 aromatic carbocycles. The molecule has 0 aliphatic carbocycles. The van der Waals surface area contributed by atoms with E-state index in [9.17, 15) is 0 Å². The van der Waals surface area contributed by atoms with Gasteiger partial charge >= 0.3 is 0 Å². The Morgan fingerprint density at radius 2 is 2.04 bits per heavy atom. The second kappa shape index (κ2) is 6.80. The smallest absolute Gasteiger partial charge is 0.138 e. The average Bonchev–Trinajstić information content (AvgIpc) is 2.97. The minimum Gasteiger partial charge on any atom is -0.492 e. The van der Waals surface area contributed by atoms with Gasteiger partial charge in [0.15, 0.2) is 0 Å². The molecule has 0 atom stereocenters. The van der Waals surface area contributed by atoms with Crippen LogP contribution in [0, 0.1) is 0 Å². The van der Waals surface area contributed by atoms with Gasteiger partial charge in [-0.05, 0) is 44.4 Å². The predicted octanol–water partition coefficient (Wildman–Crippen LogP) is 2.79. The highest BCUT2D eigenvalue weighted by Crippen LogP contribution is 2.27. The lowest BCUT2D eigenvalue weighted by molar-refractivity contribution is 0.261. The minimum atomic E-state index is 0.654. The molecule has 0 spiro atoms. The van der Waals surface area contributed by atoms with Gasteiger partial charge in [0.2, 0.25) is 0 Å². The van der Waals surface area contributed by atoms with Crippen molar-refractivity contribution in [2.24, 2.45) is 0 Å². The fourth-order valence-corrected chi connectivity index (χ4v) is 2.50. The van der Waals surface area contributed by atoms with E-state index in [0.29, 0.717) is 12.3 Å². The molecule has 4 N–H and O–H groups in total. The number of nitrogens with two attached hydrogens (primary N) is 1. The molecule has 0 saturated carbocycles. The summed E-state index contributed by atoms with van der Waals surface area (Å²) < 4.78 is 5.77. The molecule has 24 heavy (non-hydrogen) atoms. The number of aromatic nitrogens is 2. The maximum absolute atomic E-state index is 6.04. The Balaban J connectivity index is 1.84. The van der Waals surface area contributed by atoms with E-state index in [1.54, 1.807) is 0 Å². The van der Waals surface area contributed by atoms with E-state index in [2.05, 4.69) is 20.2 Å². The standard InChI is InChI=1S/C18H23N5O/c1-20-15-6-4-12(10-14(15)19)18-21-16-7-5-13(11-17(16)22-18)24-9-8-23(2)3/h4-7,10-11,20H,8-9,19H2,1-3H3,(H,21,22). The van der Waals surface area contributed by atoms with E-state index in [-0.39, 0.29) is 0 Å². The van der Waals surface area contributed by atoms with E-state index in [4.69, 9.17) is 10.5 Å². The van der Waals surface area contributed by atoms with Crippen LogP contribution in [0.1, 0.15) is 0 Å². The van der Waals surface area contributed by atoms with Crippen molar-refractivity contribution in [1.29, 1.82) is 0 Å². The molecular weight excluding hydrogens is 302 g/mol. The van der Waals surface area contributed by atoms with Crippen LogP contribution in [0.3, 0.4) is 0 Å². The number of benzene rings is 2. The van der Waals surface area contributed by atoms with Crippen LogP contribution in [0.2, 0.25) is 0 Å². The molecule has 126 valence electrons. The van der Waals surface area contributed by atoms with Crippen LogP contribution >= 0.6 is 0 Å². The van der Waals surface area contributed by atoms with Gasteiger partial charge in [0.1, 0.15) is 18.2 Å². The third kappa shape index (κ3) is 3.44. The quantitative estimate of drug-likeness (QED) is 0.607. The van der Waals surface area contributed by atoms with Crippen molar-refractivity contribution in [1.82, 2.24) is 14.9 Å². The van der Waals surface area contributed by atoms with Crippen molar-refractivity contribution in [3.63, 3.8) is 0 Å². The molecule has 1 aromatic heterocycles. The maximum atomic E-state index is 6.04. The third-order valence-corrected chi connectivity index (χ3v) is 3.85. The maximum Gasteiger partial charge on any atom is 0.138 e. The molecule has 0 radical (unpaired) electrons. The predicted molar refractivity (Wildman–Crippen MR) is 99.5 cm³/mol. The SMILES string of the molecule is CNc1ccc(-c2nc3ccc(OCCN(C)C)cc3[nH]2)cc1N. The van der Waals surface area contributed by atoms with Gasteiger partial charge in [0.25, 0.3) is 0 Å². The lowest BCUT2D eigenvalue weighted by atomic mass is 10.1. The zero-order valence-electron chi connectivity index (χ0n) is 14.3.